The summed E-state index contributed by atoms with van der Waals surface area (Å²) < 4.78 is 5.71. The number of rotatable bonds is 3. The summed E-state index contributed by atoms with van der Waals surface area (Å²) in [5.74, 6) is 0.969. The predicted octanol–water partition coefficient (Wildman–Crippen LogP) is 3.15. The third-order valence-corrected chi connectivity index (χ3v) is 3.45. The molecule has 19 heavy (non-hydrogen) atoms. The lowest BCUT2D eigenvalue weighted by molar-refractivity contribution is 0.289. The first kappa shape index (κ1) is 12.0. The van der Waals surface area contributed by atoms with Gasteiger partial charge in [-0.2, -0.15) is 5.10 Å². The third-order valence-electron chi connectivity index (χ3n) is 3.45. The molecule has 0 amide bonds. The molecule has 2 heterocycles. The average molecular weight is 255 g/mol. The Kier molecular flexibility index (Phi) is 3.07. The first-order valence-electron chi connectivity index (χ1n) is 6.63. The topological polar surface area (TPSA) is 46.5 Å². The summed E-state index contributed by atoms with van der Waals surface area (Å²) in [4.78, 5) is 4.66. The van der Waals surface area contributed by atoms with E-state index in [0.29, 0.717) is 0 Å². The zero-order chi connectivity index (χ0) is 13.2. The smallest absolute Gasteiger partial charge is 0.124 e. The van der Waals surface area contributed by atoms with Crippen molar-refractivity contribution in [3.63, 3.8) is 0 Å². The minimum atomic E-state index is 0.797. The lowest BCUT2D eigenvalue weighted by Gasteiger charge is -2.18. The Labute approximate surface area is 112 Å². The maximum Gasteiger partial charge on any atom is 0.124 e. The van der Waals surface area contributed by atoms with Crippen molar-refractivity contribution in [1.82, 2.24) is 4.98 Å². The predicted molar refractivity (Wildman–Crippen MR) is 78.1 cm³/mol. The van der Waals surface area contributed by atoms with Crippen LogP contribution in [-0.2, 0) is 12.8 Å². The Morgan fingerprint density at radius 1 is 1.42 bits per heavy atom. The number of anilines is 1. The molecule has 1 N–H and O–H groups in total. The summed E-state index contributed by atoms with van der Waals surface area (Å²) in [5, 5.41) is 4.86. The first-order chi connectivity index (χ1) is 9.31. The van der Waals surface area contributed by atoms with Crippen molar-refractivity contribution >= 4 is 23.3 Å². The molecule has 1 aliphatic rings. The molecule has 0 fully saturated rings. The maximum absolute atomic E-state index is 5.71. The average Bonchev–Trinajstić information content (AvgIpc) is 2.45. The van der Waals surface area contributed by atoms with Crippen LogP contribution in [0.2, 0.25) is 0 Å². The van der Waals surface area contributed by atoms with Crippen LogP contribution < -0.4 is 10.2 Å². The van der Waals surface area contributed by atoms with E-state index in [4.69, 9.17) is 4.74 Å². The number of nitrogens with zero attached hydrogens (tertiary/aromatic N) is 2. The molecule has 1 aromatic carbocycles. The molecule has 3 rings (SSSR count). The summed E-state index contributed by atoms with van der Waals surface area (Å²) in [6.07, 6.45) is 3.02. The Bertz CT molecular complexity index is 637. The fraction of sp³-hybridized carbons (Fsp3) is 0.333. The molecule has 0 atom stereocenters. The molecule has 4 heteroatoms. The highest BCUT2D eigenvalue weighted by Crippen LogP contribution is 2.33. The molecule has 1 aromatic heterocycles. The number of aryl methyl sites for hydroxylation is 2. The number of fused-ring (bicyclic) bond motifs is 2. The van der Waals surface area contributed by atoms with Crippen LogP contribution in [0.3, 0.4) is 0 Å². The summed E-state index contributed by atoms with van der Waals surface area (Å²) in [6.45, 7) is 6.39. The van der Waals surface area contributed by atoms with Crippen LogP contribution >= 0.6 is 0 Å². The largest absolute Gasteiger partial charge is 0.493 e. The van der Waals surface area contributed by atoms with Crippen molar-refractivity contribution in [2.75, 3.05) is 12.0 Å². The molecule has 0 saturated heterocycles. The number of nitrogens with one attached hydrogen (secondary N) is 1. The van der Waals surface area contributed by atoms with Crippen LogP contribution in [0.4, 0.5) is 5.69 Å². The standard InChI is InChI=1S/C15H17N3O/c1-3-11-8-14(18-16-2)12-7-10-5-4-6-19-15(10)9-13(12)17-11/h7-9H,2-6H2,1H3,(H,17,18). The fourth-order valence-electron chi connectivity index (χ4n) is 2.49. The van der Waals surface area contributed by atoms with Gasteiger partial charge in [0.25, 0.3) is 0 Å². The van der Waals surface area contributed by atoms with Gasteiger partial charge in [0.05, 0.1) is 17.8 Å². The molecule has 98 valence electrons. The van der Waals surface area contributed by atoms with Crippen molar-refractivity contribution in [3.05, 3.63) is 29.5 Å². The van der Waals surface area contributed by atoms with Crippen LogP contribution in [0.15, 0.2) is 23.3 Å². The van der Waals surface area contributed by atoms with E-state index in [-0.39, 0.29) is 0 Å². The van der Waals surface area contributed by atoms with Crippen LogP contribution in [0.1, 0.15) is 24.6 Å². The van der Waals surface area contributed by atoms with E-state index < -0.39 is 0 Å². The molecule has 0 unspecified atom stereocenters. The van der Waals surface area contributed by atoms with E-state index in [2.05, 4.69) is 35.2 Å². The van der Waals surface area contributed by atoms with E-state index in [0.717, 1.165) is 53.9 Å². The molecular weight excluding hydrogens is 238 g/mol. The number of aromatic nitrogens is 1. The summed E-state index contributed by atoms with van der Waals surface area (Å²) >= 11 is 0. The van der Waals surface area contributed by atoms with Gasteiger partial charge in [-0.05, 0) is 37.0 Å². The second kappa shape index (κ2) is 4.88. The fourth-order valence-corrected chi connectivity index (χ4v) is 2.49. The number of pyridine rings is 1. The zero-order valence-corrected chi connectivity index (χ0v) is 11.1. The maximum atomic E-state index is 5.71. The van der Waals surface area contributed by atoms with Gasteiger partial charge in [0.1, 0.15) is 5.75 Å². The molecule has 0 radical (unpaired) electrons. The lowest BCUT2D eigenvalue weighted by Crippen LogP contribution is -2.08. The summed E-state index contributed by atoms with van der Waals surface area (Å²) in [7, 11) is 0. The number of hydrogen-bond acceptors (Lipinski definition) is 4. The molecule has 0 aliphatic carbocycles. The van der Waals surface area contributed by atoms with E-state index in [9.17, 15) is 0 Å². The quantitative estimate of drug-likeness (QED) is 0.677. The van der Waals surface area contributed by atoms with Gasteiger partial charge < -0.3 is 4.74 Å². The van der Waals surface area contributed by atoms with Gasteiger partial charge >= 0.3 is 0 Å². The third kappa shape index (κ3) is 2.14. The Morgan fingerprint density at radius 2 is 2.32 bits per heavy atom. The summed E-state index contributed by atoms with van der Waals surface area (Å²) in [6, 6.07) is 6.23. The Morgan fingerprint density at radius 3 is 3.11 bits per heavy atom. The van der Waals surface area contributed by atoms with E-state index in [1.54, 1.807) is 0 Å². The van der Waals surface area contributed by atoms with Crippen molar-refractivity contribution in [3.8, 4) is 5.75 Å². The lowest BCUT2D eigenvalue weighted by atomic mass is 10.0. The van der Waals surface area contributed by atoms with Gasteiger partial charge in [-0.1, -0.05) is 6.92 Å². The molecular formula is C15H17N3O. The van der Waals surface area contributed by atoms with Gasteiger partial charge in [0, 0.05) is 23.9 Å². The number of hydrazone groups is 1. The SMILES string of the molecule is C=NNc1cc(CC)nc2cc3c(cc12)CCCO3. The van der Waals surface area contributed by atoms with Gasteiger partial charge in [0.15, 0.2) is 0 Å². The highest BCUT2D eigenvalue weighted by Gasteiger charge is 2.14. The molecule has 0 bridgehead atoms. The van der Waals surface area contributed by atoms with Crippen molar-refractivity contribution in [2.45, 2.75) is 26.2 Å². The van der Waals surface area contributed by atoms with Crippen molar-refractivity contribution in [2.24, 2.45) is 5.10 Å². The highest BCUT2D eigenvalue weighted by atomic mass is 16.5. The van der Waals surface area contributed by atoms with E-state index in [1.165, 1.54) is 5.56 Å². The molecule has 0 spiro atoms. The van der Waals surface area contributed by atoms with Gasteiger partial charge in [-0.15, -0.1) is 0 Å². The Balaban J connectivity index is 2.23. The number of ether oxygens (including phenoxy) is 1. The monoisotopic (exact) mass is 255 g/mol. The van der Waals surface area contributed by atoms with Gasteiger partial charge in [-0.25, -0.2) is 0 Å². The first-order valence-corrected chi connectivity index (χ1v) is 6.63. The van der Waals surface area contributed by atoms with Gasteiger partial charge in [-0.3, -0.25) is 10.4 Å². The second-order valence-corrected chi connectivity index (χ2v) is 4.71. The van der Waals surface area contributed by atoms with E-state index in [1.807, 2.05) is 12.1 Å². The molecule has 2 aromatic rings. The van der Waals surface area contributed by atoms with E-state index >= 15 is 0 Å². The number of hydrogen-bond donors (Lipinski definition) is 1. The minimum Gasteiger partial charge on any atom is -0.493 e. The molecule has 0 saturated carbocycles. The van der Waals surface area contributed by atoms with Crippen molar-refractivity contribution < 1.29 is 4.74 Å². The van der Waals surface area contributed by atoms with Crippen LogP contribution in [0.5, 0.6) is 5.75 Å². The normalized spacial score (nSPS) is 13.7. The van der Waals surface area contributed by atoms with Crippen LogP contribution in [-0.4, -0.2) is 18.3 Å². The minimum absolute atomic E-state index is 0.797. The molecule has 4 nitrogen and oxygen atoms in total. The summed E-state index contributed by atoms with van der Waals surface area (Å²) in [5.41, 5.74) is 7.16. The van der Waals surface area contributed by atoms with Crippen LogP contribution in [0.25, 0.3) is 10.9 Å². The van der Waals surface area contributed by atoms with Gasteiger partial charge in [0.2, 0.25) is 0 Å². The van der Waals surface area contributed by atoms with Crippen LogP contribution in [0, 0.1) is 0 Å². The molecule has 1 aliphatic heterocycles. The highest BCUT2D eigenvalue weighted by molar-refractivity contribution is 5.93. The Hall–Kier alpha value is -2.10. The van der Waals surface area contributed by atoms with Crippen molar-refractivity contribution in [1.29, 1.82) is 0 Å². The second-order valence-electron chi connectivity index (χ2n) is 4.71. The zero-order valence-electron chi connectivity index (χ0n) is 11.1. The number of benzene rings is 1.